The van der Waals surface area contributed by atoms with E-state index in [9.17, 15) is 4.79 Å². The van der Waals surface area contributed by atoms with Crippen molar-refractivity contribution in [1.82, 2.24) is 14.7 Å². The lowest BCUT2D eigenvalue weighted by Crippen LogP contribution is -2.42. The molecule has 0 bridgehead atoms. The zero-order valence-corrected chi connectivity index (χ0v) is 13.5. The Hall–Kier alpha value is -0.840. The number of hydrogen-bond acceptors (Lipinski definition) is 2. The van der Waals surface area contributed by atoms with E-state index in [4.69, 9.17) is 0 Å². The number of carbonyl (C=O) groups is 1. The van der Waals surface area contributed by atoms with Gasteiger partial charge in [-0.3, -0.25) is 9.48 Å². The van der Waals surface area contributed by atoms with E-state index in [2.05, 4.69) is 28.0 Å². The van der Waals surface area contributed by atoms with E-state index in [0.29, 0.717) is 19.0 Å². The molecule has 5 heteroatoms. The van der Waals surface area contributed by atoms with E-state index < -0.39 is 0 Å². The first-order valence-corrected chi connectivity index (χ1v) is 7.79. The molecule has 0 radical (unpaired) electrons. The maximum atomic E-state index is 12.3. The molecule has 1 amide bonds. The van der Waals surface area contributed by atoms with Gasteiger partial charge in [0.2, 0.25) is 5.91 Å². The minimum absolute atomic E-state index is 0.260. The number of piperidine rings is 1. The molecule has 1 fully saturated rings. The van der Waals surface area contributed by atoms with Crippen LogP contribution in [-0.2, 0) is 11.3 Å². The fraction of sp³-hybridized carbons (Fsp3) is 0.714. The Bertz CT molecular complexity index is 470. The molecule has 0 N–H and O–H groups in total. The van der Waals surface area contributed by atoms with Crippen LogP contribution in [0.15, 0.2) is 4.47 Å². The quantitative estimate of drug-likeness (QED) is 0.855. The van der Waals surface area contributed by atoms with Gasteiger partial charge < -0.3 is 4.90 Å². The molecule has 106 valence electrons. The molecular weight excluding hydrogens is 306 g/mol. The van der Waals surface area contributed by atoms with Gasteiger partial charge in [0.15, 0.2) is 0 Å². The van der Waals surface area contributed by atoms with Gasteiger partial charge in [-0.2, -0.15) is 5.10 Å². The van der Waals surface area contributed by atoms with Crippen molar-refractivity contribution in [2.75, 3.05) is 6.54 Å². The highest BCUT2D eigenvalue weighted by Gasteiger charge is 2.23. The van der Waals surface area contributed by atoms with Gasteiger partial charge in [0.05, 0.1) is 16.7 Å². The van der Waals surface area contributed by atoms with E-state index in [1.54, 1.807) is 0 Å². The Morgan fingerprint density at radius 3 is 2.74 bits per heavy atom. The van der Waals surface area contributed by atoms with Gasteiger partial charge in [-0.25, -0.2) is 0 Å². The van der Waals surface area contributed by atoms with Gasteiger partial charge >= 0.3 is 0 Å². The standard InChI is InChI=1S/C14H22BrN3O/c1-10-6-4-5-8-17(10)13(19)7-9-18-12(3)14(15)11(2)16-18/h10H,4-9H2,1-3H3/t10-/m0/s1. The van der Waals surface area contributed by atoms with E-state index >= 15 is 0 Å². The molecule has 19 heavy (non-hydrogen) atoms. The van der Waals surface area contributed by atoms with Gasteiger partial charge in [-0.15, -0.1) is 0 Å². The van der Waals surface area contributed by atoms with Crippen LogP contribution >= 0.6 is 15.9 Å². The molecule has 1 aliphatic heterocycles. The summed E-state index contributed by atoms with van der Waals surface area (Å²) in [7, 11) is 0. The summed E-state index contributed by atoms with van der Waals surface area (Å²) in [4.78, 5) is 14.3. The summed E-state index contributed by atoms with van der Waals surface area (Å²) < 4.78 is 2.97. The molecule has 0 saturated carbocycles. The SMILES string of the molecule is Cc1nn(CCC(=O)N2CCCC[C@@H]2C)c(C)c1Br. The Kier molecular flexibility index (Phi) is 4.66. The molecular formula is C14H22BrN3O. The summed E-state index contributed by atoms with van der Waals surface area (Å²) in [6.45, 7) is 7.73. The lowest BCUT2D eigenvalue weighted by atomic mass is 10.0. The van der Waals surface area contributed by atoms with Crippen molar-refractivity contribution < 1.29 is 4.79 Å². The largest absolute Gasteiger partial charge is 0.340 e. The highest BCUT2D eigenvalue weighted by molar-refractivity contribution is 9.10. The van der Waals surface area contributed by atoms with Gasteiger partial charge in [0.25, 0.3) is 0 Å². The van der Waals surface area contributed by atoms with Crippen LogP contribution in [0, 0.1) is 13.8 Å². The van der Waals surface area contributed by atoms with Crippen LogP contribution in [0.2, 0.25) is 0 Å². The minimum Gasteiger partial charge on any atom is -0.340 e. The number of carbonyl (C=O) groups excluding carboxylic acids is 1. The van der Waals surface area contributed by atoms with Crippen LogP contribution in [0.4, 0.5) is 0 Å². The number of aryl methyl sites for hydroxylation is 2. The Labute approximate surface area is 123 Å². The first-order chi connectivity index (χ1) is 9.00. The lowest BCUT2D eigenvalue weighted by Gasteiger charge is -2.33. The van der Waals surface area contributed by atoms with E-state index in [1.165, 1.54) is 6.42 Å². The van der Waals surface area contributed by atoms with E-state index in [0.717, 1.165) is 35.2 Å². The summed E-state index contributed by atoms with van der Waals surface area (Å²) >= 11 is 3.51. The van der Waals surface area contributed by atoms with E-state index in [1.807, 2.05) is 23.4 Å². The number of hydrogen-bond donors (Lipinski definition) is 0. The Balaban J connectivity index is 1.94. The number of amides is 1. The van der Waals surface area contributed by atoms with Crippen LogP contribution in [0.25, 0.3) is 0 Å². The lowest BCUT2D eigenvalue weighted by molar-refractivity contribution is -0.134. The average molecular weight is 328 g/mol. The summed E-state index contributed by atoms with van der Waals surface area (Å²) in [5, 5.41) is 4.44. The molecule has 2 rings (SSSR count). The molecule has 0 spiro atoms. The molecule has 0 aromatic carbocycles. The molecule has 1 aliphatic rings. The van der Waals surface area contributed by atoms with Crippen molar-refractivity contribution in [2.24, 2.45) is 0 Å². The topological polar surface area (TPSA) is 38.1 Å². The summed E-state index contributed by atoms with van der Waals surface area (Å²) in [6.07, 6.45) is 4.06. The van der Waals surface area contributed by atoms with Crippen molar-refractivity contribution in [1.29, 1.82) is 0 Å². The van der Waals surface area contributed by atoms with Crippen LogP contribution in [0.3, 0.4) is 0 Å². The second-order valence-corrected chi connectivity index (χ2v) is 6.18. The normalized spacial score (nSPS) is 19.8. The predicted octanol–water partition coefficient (Wildman–Crippen LogP) is 3.05. The number of rotatable bonds is 3. The zero-order chi connectivity index (χ0) is 14.0. The van der Waals surface area contributed by atoms with E-state index in [-0.39, 0.29) is 5.91 Å². The van der Waals surface area contributed by atoms with Gasteiger partial charge in [0, 0.05) is 24.7 Å². The molecule has 4 nitrogen and oxygen atoms in total. The molecule has 0 unspecified atom stereocenters. The fourth-order valence-corrected chi connectivity index (χ4v) is 2.99. The first-order valence-electron chi connectivity index (χ1n) is 6.99. The Morgan fingerprint density at radius 2 is 2.16 bits per heavy atom. The predicted molar refractivity (Wildman–Crippen MR) is 79.0 cm³/mol. The highest BCUT2D eigenvalue weighted by atomic mass is 79.9. The minimum atomic E-state index is 0.260. The van der Waals surface area contributed by atoms with Crippen molar-refractivity contribution in [3.05, 3.63) is 15.9 Å². The highest BCUT2D eigenvalue weighted by Crippen LogP contribution is 2.21. The molecule has 1 saturated heterocycles. The van der Waals surface area contributed by atoms with Crippen LogP contribution in [0.1, 0.15) is 44.0 Å². The number of halogens is 1. The third-order valence-electron chi connectivity index (χ3n) is 3.95. The first kappa shape index (κ1) is 14.6. The van der Waals surface area contributed by atoms with Gasteiger partial charge in [0.1, 0.15) is 0 Å². The third kappa shape index (κ3) is 3.19. The second-order valence-electron chi connectivity index (χ2n) is 5.39. The van der Waals surface area contributed by atoms with Crippen molar-refractivity contribution >= 4 is 21.8 Å². The van der Waals surface area contributed by atoms with Crippen molar-refractivity contribution in [3.63, 3.8) is 0 Å². The number of likely N-dealkylation sites (tertiary alicyclic amines) is 1. The van der Waals surface area contributed by atoms with Crippen LogP contribution in [-0.4, -0.2) is 33.2 Å². The fourth-order valence-electron chi connectivity index (χ4n) is 2.71. The van der Waals surface area contributed by atoms with Gasteiger partial charge in [-0.1, -0.05) is 0 Å². The molecule has 0 aliphatic carbocycles. The van der Waals surface area contributed by atoms with Gasteiger partial charge in [-0.05, 0) is 56.0 Å². The summed E-state index contributed by atoms with van der Waals surface area (Å²) in [5.74, 6) is 0.260. The number of nitrogens with zero attached hydrogens (tertiary/aromatic N) is 3. The third-order valence-corrected chi connectivity index (χ3v) is 5.10. The molecule has 2 heterocycles. The maximum absolute atomic E-state index is 12.3. The summed E-state index contributed by atoms with van der Waals surface area (Å²) in [5.41, 5.74) is 2.08. The monoisotopic (exact) mass is 327 g/mol. The van der Waals surface area contributed by atoms with Crippen LogP contribution in [0.5, 0.6) is 0 Å². The molecule has 1 aromatic rings. The molecule has 1 aromatic heterocycles. The molecule has 1 atom stereocenters. The average Bonchev–Trinajstić information content (AvgIpc) is 2.64. The van der Waals surface area contributed by atoms with Crippen molar-refractivity contribution in [2.45, 2.75) is 59.0 Å². The summed E-state index contributed by atoms with van der Waals surface area (Å²) in [6, 6.07) is 0.397. The second kappa shape index (κ2) is 6.07. The zero-order valence-electron chi connectivity index (χ0n) is 11.9. The van der Waals surface area contributed by atoms with Crippen LogP contribution < -0.4 is 0 Å². The number of aromatic nitrogens is 2. The maximum Gasteiger partial charge on any atom is 0.224 e. The smallest absolute Gasteiger partial charge is 0.224 e. The Morgan fingerprint density at radius 1 is 1.42 bits per heavy atom. The van der Waals surface area contributed by atoms with Crippen molar-refractivity contribution in [3.8, 4) is 0 Å².